The smallest absolute Gasteiger partial charge is 0.263 e. The number of aromatic nitrogens is 5. The van der Waals surface area contributed by atoms with Gasteiger partial charge in [-0.2, -0.15) is 4.98 Å². The van der Waals surface area contributed by atoms with Crippen LogP contribution >= 0.6 is 0 Å². The molecule has 1 aromatic carbocycles. The fraction of sp³-hybridized carbons (Fsp3) is 0.286. The van der Waals surface area contributed by atoms with Gasteiger partial charge < -0.3 is 4.52 Å². The average molecular weight is 373 g/mol. The first-order valence-electron chi connectivity index (χ1n) is 9.36. The van der Waals surface area contributed by atoms with E-state index in [4.69, 9.17) is 4.52 Å². The summed E-state index contributed by atoms with van der Waals surface area (Å²) in [6.07, 6.45) is 5.13. The molecule has 1 fully saturated rings. The van der Waals surface area contributed by atoms with Gasteiger partial charge in [-0.15, -0.1) is 0 Å². The van der Waals surface area contributed by atoms with E-state index in [-0.39, 0.29) is 12.1 Å². The second-order valence-corrected chi connectivity index (χ2v) is 7.38. The predicted octanol–water partition coefficient (Wildman–Crippen LogP) is 3.19. The summed E-state index contributed by atoms with van der Waals surface area (Å²) >= 11 is 0. The lowest BCUT2D eigenvalue weighted by Gasteiger charge is -2.33. The number of fused-ring (bicyclic) bond motifs is 1. The van der Waals surface area contributed by atoms with E-state index in [0.717, 1.165) is 18.7 Å². The highest BCUT2D eigenvalue weighted by Crippen LogP contribution is 2.46. The normalized spacial score (nSPS) is 18.9. The minimum absolute atomic E-state index is 0.166. The summed E-state index contributed by atoms with van der Waals surface area (Å²) in [7, 11) is 0. The first-order chi connectivity index (χ1) is 13.7. The molecule has 1 aliphatic rings. The molecule has 0 atom stereocenters. The minimum atomic E-state index is -0.166. The van der Waals surface area contributed by atoms with E-state index < -0.39 is 0 Å². The zero-order valence-corrected chi connectivity index (χ0v) is 15.4. The lowest BCUT2D eigenvalue weighted by Crippen LogP contribution is -2.22. The van der Waals surface area contributed by atoms with Gasteiger partial charge in [0.1, 0.15) is 12.9 Å². The fourth-order valence-corrected chi connectivity index (χ4v) is 3.78. The molecule has 28 heavy (non-hydrogen) atoms. The van der Waals surface area contributed by atoms with E-state index in [2.05, 4.69) is 51.3 Å². The first kappa shape index (κ1) is 16.8. The number of nitrogens with zero attached hydrogens (tertiary/aromatic N) is 5. The van der Waals surface area contributed by atoms with Gasteiger partial charge in [0.15, 0.2) is 11.5 Å². The van der Waals surface area contributed by atoms with E-state index in [1.165, 1.54) is 22.0 Å². The second kappa shape index (κ2) is 6.67. The molecule has 0 unspecified atom stereocenters. The summed E-state index contributed by atoms with van der Waals surface area (Å²) in [6, 6.07) is 12.1. The van der Waals surface area contributed by atoms with Crippen molar-refractivity contribution in [2.75, 3.05) is 0 Å². The third kappa shape index (κ3) is 2.98. The lowest BCUT2D eigenvalue weighted by atomic mass is 9.71. The van der Waals surface area contributed by atoms with E-state index in [1.54, 1.807) is 18.3 Å². The monoisotopic (exact) mass is 373 g/mol. The molecule has 0 spiro atoms. The maximum Gasteiger partial charge on any atom is 0.263 e. The highest BCUT2D eigenvalue weighted by molar-refractivity contribution is 5.72. The van der Waals surface area contributed by atoms with Gasteiger partial charge in [-0.3, -0.25) is 9.36 Å². The van der Waals surface area contributed by atoms with Crippen LogP contribution < -0.4 is 5.56 Å². The number of rotatable bonds is 4. The summed E-state index contributed by atoms with van der Waals surface area (Å²) in [6.45, 7) is 2.32. The fourth-order valence-electron chi connectivity index (χ4n) is 3.78. The Labute approximate surface area is 161 Å². The van der Waals surface area contributed by atoms with Gasteiger partial charge in [0.2, 0.25) is 5.89 Å². The van der Waals surface area contributed by atoms with E-state index in [0.29, 0.717) is 28.8 Å². The third-order valence-corrected chi connectivity index (χ3v) is 5.40. The molecule has 0 radical (unpaired) electrons. The van der Waals surface area contributed by atoms with E-state index in [1.807, 2.05) is 0 Å². The molecule has 0 N–H and O–H groups in total. The van der Waals surface area contributed by atoms with Crippen LogP contribution in [-0.2, 0) is 6.54 Å². The lowest BCUT2D eigenvalue weighted by molar-refractivity contribution is 0.315. The first-order valence-corrected chi connectivity index (χ1v) is 9.36. The molecule has 5 rings (SSSR count). The van der Waals surface area contributed by atoms with Crippen molar-refractivity contribution in [3.8, 4) is 0 Å². The topological polar surface area (TPSA) is 86.7 Å². The average Bonchev–Trinajstić information content (AvgIpc) is 3.11. The molecule has 4 aromatic rings. The van der Waals surface area contributed by atoms with Crippen LogP contribution in [0.4, 0.5) is 0 Å². The molecule has 0 amide bonds. The van der Waals surface area contributed by atoms with Gasteiger partial charge in [0, 0.05) is 12.1 Å². The summed E-state index contributed by atoms with van der Waals surface area (Å²) in [5, 5.41) is 4.61. The van der Waals surface area contributed by atoms with Crippen LogP contribution in [0.1, 0.15) is 47.5 Å². The molecule has 0 bridgehead atoms. The van der Waals surface area contributed by atoms with Crippen LogP contribution in [0.25, 0.3) is 11.0 Å². The zero-order valence-electron chi connectivity index (χ0n) is 15.4. The van der Waals surface area contributed by atoms with Crippen molar-refractivity contribution in [2.45, 2.75) is 38.1 Å². The molecule has 0 saturated heterocycles. The number of hydrogen-bond donors (Lipinski definition) is 0. The molecule has 3 aromatic heterocycles. The van der Waals surface area contributed by atoms with Crippen molar-refractivity contribution in [3.05, 3.63) is 82.1 Å². The molecule has 140 valence electrons. The minimum Gasteiger partial charge on any atom is -0.337 e. The summed E-state index contributed by atoms with van der Waals surface area (Å²) in [4.78, 5) is 25.4. The van der Waals surface area contributed by atoms with Crippen LogP contribution in [0.3, 0.4) is 0 Å². The Morgan fingerprint density at radius 3 is 2.89 bits per heavy atom. The molecular formula is C21H19N5O2. The van der Waals surface area contributed by atoms with Gasteiger partial charge in [-0.1, -0.05) is 35.0 Å². The standard InChI is InChI=1S/C21H19N5O2/c1-13-4-2-5-14(8-13)15-9-16(10-15)19-24-18(28-25-19)11-26-12-23-20-17(21(26)27)6-3-7-22-20/h2-8,12,15-16H,9-11H2,1H3. The van der Waals surface area contributed by atoms with Crippen LogP contribution in [-0.4, -0.2) is 24.7 Å². The SMILES string of the molecule is Cc1cccc(C2CC(c3noc(Cn4cnc5ncccc5c4=O)n3)C2)c1. The molecular weight excluding hydrogens is 354 g/mol. The summed E-state index contributed by atoms with van der Waals surface area (Å²) in [5.41, 5.74) is 2.93. The molecule has 0 aliphatic heterocycles. The van der Waals surface area contributed by atoms with Gasteiger partial charge in [0.05, 0.1) is 5.39 Å². The van der Waals surface area contributed by atoms with Crippen molar-refractivity contribution in [1.82, 2.24) is 24.7 Å². The maximum absolute atomic E-state index is 12.6. The zero-order chi connectivity index (χ0) is 19.1. The molecule has 7 nitrogen and oxygen atoms in total. The van der Waals surface area contributed by atoms with Crippen LogP contribution in [0.2, 0.25) is 0 Å². The van der Waals surface area contributed by atoms with Gasteiger partial charge in [0.25, 0.3) is 5.56 Å². The molecule has 1 saturated carbocycles. The molecule has 7 heteroatoms. The van der Waals surface area contributed by atoms with Crippen molar-refractivity contribution in [3.63, 3.8) is 0 Å². The molecule has 3 heterocycles. The molecule has 1 aliphatic carbocycles. The Morgan fingerprint density at radius 2 is 2.04 bits per heavy atom. The van der Waals surface area contributed by atoms with Gasteiger partial charge >= 0.3 is 0 Å². The summed E-state index contributed by atoms with van der Waals surface area (Å²) in [5.74, 6) is 1.99. The van der Waals surface area contributed by atoms with Crippen molar-refractivity contribution in [1.29, 1.82) is 0 Å². The Kier molecular flexibility index (Phi) is 4.00. The van der Waals surface area contributed by atoms with Gasteiger partial charge in [-0.25, -0.2) is 9.97 Å². The Morgan fingerprint density at radius 1 is 1.14 bits per heavy atom. The predicted molar refractivity (Wildman–Crippen MR) is 103 cm³/mol. The Balaban J connectivity index is 1.30. The maximum atomic E-state index is 12.6. The number of hydrogen-bond acceptors (Lipinski definition) is 6. The van der Waals surface area contributed by atoms with Crippen LogP contribution in [0, 0.1) is 6.92 Å². The number of aryl methyl sites for hydroxylation is 1. The third-order valence-electron chi connectivity index (χ3n) is 5.40. The second-order valence-electron chi connectivity index (χ2n) is 7.38. The number of benzene rings is 1. The van der Waals surface area contributed by atoms with Crippen molar-refractivity contribution < 1.29 is 4.52 Å². The highest BCUT2D eigenvalue weighted by Gasteiger charge is 2.34. The van der Waals surface area contributed by atoms with Crippen LogP contribution in [0.5, 0.6) is 0 Å². The van der Waals surface area contributed by atoms with Crippen molar-refractivity contribution in [2.24, 2.45) is 0 Å². The van der Waals surface area contributed by atoms with E-state index >= 15 is 0 Å². The van der Waals surface area contributed by atoms with Gasteiger partial charge in [-0.05, 0) is 43.4 Å². The highest BCUT2D eigenvalue weighted by atomic mass is 16.5. The van der Waals surface area contributed by atoms with Crippen molar-refractivity contribution >= 4 is 11.0 Å². The van der Waals surface area contributed by atoms with Crippen LogP contribution in [0.15, 0.2) is 58.2 Å². The largest absolute Gasteiger partial charge is 0.337 e. The van der Waals surface area contributed by atoms with E-state index in [9.17, 15) is 4.79 Å². The number of pyridine rings is 1. The quantitative estimate of drug-likeness (QED) is 0.546. The Bertz CT molecular complexity index is 1210. The Hall–Kier alpha value is -3.35. The summed E-state index contributed by atoms with van der Waals surface area (Å²) < 4.78 is 6.86.